The van der Waals surface area contributed by atoms with E-state index in [4.69, 9.17) is 21.1 Å². The Bertz CT molecular complexity index is 1200. The number of hydrogen-bond donors (Lipinski definition) is 1. The zero-order valence-corrected chi connectivity index (χ0v) is 21.9. The Morgan fingerprint density at radius 1 is 0.919 bits per heavy atom. The number of benzene rings is 3. The van der Waals surface area contributed by atoms with Crippen LogP contribution < -0.4 is 14.8 Å². The van der Waals surface area contributed by atoms with E-state index >= 15 is 0 Å². The number of amides is 2. The van der Waals surface area contributed by atoms with Gasteiger partial charge in [-0.2, -0.15) is 0 Å². The van der Waals surface area contributed by atoms with Gasteiger partial charge in [0, 0.05) is 31.0 Å². The Labute approximate surface area is 223 Å². The average molecular weight is 521 g/mol. The van der Waals surface area contributed by atoms with Crippen LogP contribution in [0.5, 0.6) is 11.5 Å². The molecule has 3 aromatic carbocycles. The summed E-state index contributed by atoms with van der Waals surface area (Å²) < 4.78 is 11.3. The Balaban J connectivity index is 1.58. The van der Waals surface area contributed by atoms with Crippen molar-refractivity contribution < 1.29 is 19.1 Å². The van der Waals surface area contributed by atoms with Gasteiger partial charge in [0.1, 0.15) is 19.3 Å². The summed E-state index contributed by atoms with van der Waals surface area (Å²) in [6.45, 7) is 3.90. The maximum Gasteiger partial charge on any atom is 0.243 e. The highest BCUT2D eigenvalue weighted by atomic mass is 35.5. The molecule has 4 rings (SSSR count). The number of ether oxygens (including phenoxy) is 2. The van der Waals surface area contributed by atoms with Crippen molar-refractivity contribution in [3.05, 3.63) is 94.5 Å². The van der Waals surface area contributed by atoms with E-state index in [1.165, 1.54) is 0 Å². The fraction of sp³-hybridized carbons (Fsp3) is 0.333. The highest BCUT2D eigenvalue weighted by molar-refractivity contribution is 6.30. The lowest BCUT2D eigenvalue weighted by Crippen LogP contribution is -2.50. The van der Waals surface area contributed by atoms with Crippen LogP contribution in [0, 0.1) is 0 Å². The molecule has 0 fully saturated rings. The summed E-state index contributed by atoms with van der Waals surface area (Å²) in [4.78, 5) is 28.8. The molecule has 37 heavy (non-hydrogen) atoms. The molecule has 0 bridgehead atoms. The lowest BCUT2D eigenvalue weighted by molar-refractivity contribution is -0.141. The van der Waals surface area contributed by atoms with E-state index in [-0.39, 0.29) is 24.8 Å². The summed E-state index contributed by atoms with van der Waals surface area (Å²) >= 11 is 6.24. The largest absolute Gasteiger partial charge is 0.486 e. The molecule has 1 aliphatic heterocycles. The van der Waals surface area contributed by atoms with Crippen molar-refractivity contribution in [1.82, 2.24) is 10.2 Å². The fourth-order valence-electron chi connectivity index (χ4n) is 4.39. The van der Waals surface area contributed by atoms with E-state index in [1.54, 1.807) is 11.0 Å². The third-order valence-corrected chi connectivity index (χ3v) is 6.53. The average Bonchev–Trinajstić information content (AvgIpc) is 2.92. The van der Waals surface area contributed by atoms with Gasteiger partial charge in [-0.3, -0.25) is 9.59 Å². The van der Waals surface area contributed by atoms with Crippen LogP contribution in [0.3, 0.4) is 0 Å². The van der Waals surface area contributed by atoms with E-state index in [0.29, 0.717) is 43.4 Å². The lowest BCUT2D eigenvalue weighted by Gasteiger charge is -2.32. The van der Waals surface area contributed by atoms with Gasteiger partial charge in [-0.25, -0.2) is 0 Å². The number of aryl methyl sites for hydroxylation is 1. The van der Waals surface area contributed by atoms with Gasteiger partial charge >= 0.3 is 0 Å². The number of fused-ring (bicyclic) bond motifs is 1. The summed E-state index contributed by atoms with van der Waals surface area (Å²) in [6.07, 6.45) is 2.02. The Hall–Kier alpha value is -3.51. The first-order valence-electron chi connectivity index (χ1n) is 12.8. The minimum atomic E-state index is -0.652. The van der Waals surface area contributed by atoms with E-state index < -0.39 is 6.04 Å². The van der Waals surface area contributed by atoms with Crippen LogP contribution in [0.25, 0.3) is 0 Å². The lowest BCUT2D eigenvalue weighted by atomic mass is 10.0. The second-order valence-electron chi connectivity index (χ2n) is 9.13. The quantitative estimate of drug-likeness (QED) is 0.377. The molecule has 2 amide bonds. The van der Waals surface area contributed by atoms with E-state index in [2.05, 4.69) is 5.32 Å². The molecule has 3 aromatic rings. The molecule has 1 aliphatic rings. The van der Waals surface area contributed by atoms with Gasteiger partial charge in [0.15, 0.2) is 11.5 Å². The zero-order chi connectivity index (χ0) is 26.0. The van der Waals surface area contributed by atoms with Gasteiger partial charge in [0.2, 0.25) is 11.8 Å². The standard InChI is InChI=1S/C30H33ClN2O4/c1-2-15-32-30(35)26(19-22-7-4-3-5-8-22)33(21-24-9-6-10-25(31)18-24)29(34)14-12-23-11-13-27-28(20-23)37-17-16-36-27/h3-11,13,18,20,26H,2,12,14-17,19,21H2,1H3,(H,32,35)/t26-/m1/s1. The summed E-state index contributed by atoms with van der Waals surface area (Å²) in [7, 11) is 0. The summed E-state index contributed by atoms with van der Waals surface area (Å²) in [5.74, 6) is 1.18. The number of rotatable bonds is 11. The van der Waals surface area contributed by atoms with Gasteiger partial charge < -0.3 is 19.7 Å². The predicted molar refractivity (Wildman–Crippen MR) is 145 cm³/mol. The Morgan fingerprint density at radius 2 is 1.68 bits per heavy atom. The third kappa shape index (κ3) is 7.49. The predicted octanol–water partition coefficient (Wildman–Crippen LogP) is 5.21. The van der Waals surface area contributed by atoms with Crippen LogP contribution in [0.2, 0.25) is 5.02 Å². The monoisotopic (exact) mass is 520 g/mol. The van der Waals surface area contributed by atoms with Crippen molar-refractivity contribution in [2.45, 2.75) is 45.2 Å². The maximum absolute atomic E-state index is 13.8. The highest BCUT2D eigenvalue weighted by Gasteiger charge is 2.30. The van der Waals surface area contributed by atoms with Gasteiger partial charge in [-0.15, -0.1) is 0 Å². The number of carbonyl (C=O) groups excluding carboxylic acids is 2. The molecule has 6 nitrogen and oxygen atoms in total. The number of hydrogen-bond acceptors (Lipinski definition) is 4. The molecule has 0 spiro atoms. The summed E-state index contributed by atoms with van der Waals surface area (Å²) in [5, 5.41) is 3.60. The minimum Gasteiger partial charge on any atom is -0.486 e. The van der Waals surface area contributed by atoms with Gasteiger partial charge in [-0.1, -0.05) is 67.1 Å². The number of halogens is 1. The highest BCUT2D eigenvalue weighted by Crippen LogP contribution is 2.31. The van der Waals surface area contributed by atoms with Crippen molar-refractivity contribution in [3.63, 3.8) is 0 Å². The van der Waals surface area contributed by atoms with Crippen LogP contribution in [0.4, 0.5) is 0 Å². The molecule has 0 aromatic heterocycles. The van der Waals surface area contributed by atoms with Crippen LogP contribution in [0.15, 0.2) is 72.8 Å². The fourth-order valence-corrected chi connectivity index (χ4v) is 4.60. The number of carbonyl (C=O) groups is 2. The van der Waals surface area contributed by atoms with E-state index in [1.807, 2.05) is 73.7 Å². The van der Waals surface area contributed by atoms with Gasteiger partial charge in [-0.05, 0) is 53.8 Å². The topological polar surface area (TPSA) is 67.9 Å². The minimum absolute atomic E-state index is 0.0950. The molecule has 1 heterocycles. The first kappa shape index (κ1) is 26.6. The molecule has 0 radical (unpaired) electrons. The summed E-state index contributed by atoms with van der Waals surface area (Å²) in [6, 6.07) is 22.3. The molecule has 0 unspecified atom stereocenters. The van der Waals surface area contributed by atoms with Gasteiger partial charge in [0.25, 0.3) is 0 Å². The molecule has 7 heteroatoms. The van der Waals surface area contributed by atoms with E-state index in [9.17, 15) is 9.59 Å². The van der Waals surface area contributed by atoms with E-state index in [0.717, 1.165) is 28.9 Å². The van der Waals surface area contributed by atoms with Crippen molar-refractivity contribution in [1.29, 1.82) is 0 Å². The molecule has 0 saturated heterocycles. The SMILES string of the molecule is CCCNC(=O)[C@@H](Cc1ccccc1)N(Cc1cccc(Cl)c1)C(=O)CCc1ccc2c(c1)OCCO2. The maximum atomic E-state index is 13.8. The van der Waals surface area contributed by atoms with Crippen LogP contribution in [-0.2, 0) is 29.0 Å². The zero-order valence-electron chi connectivity index (χ0n) is 21.1. The van der Waals surface area contributed by atoms with Crippen molar-refractivity contribution in [2.75, 3.05) is 19.8 Å². The molecule has 194 valence electrons. The van der Waals surface area contributed by atoms with Crippen molar-refractivity contribution >= 4 is 23.4 Å². The Kier molecular flexibility index (Phi) is 9.44. The first-order valence-corrected chi connectivity index (χ1v) is 13.2. The Morgan fingerprint density at radius 3 is 2.43 bits per heavy atom. The number of nitrogens with zero attached hydrogens (tertiary/aromatic N) is 1. The van der Waals surface area contributed by atoms with Crippen LogP contribution in [-0.4, -0.2) is 42.5 Å². The number of nitrogens with one attached hydrogen (secondary N) is 1. The van der Waals surface area contributed by atoms with Crippen molar-refractivity contribution in [2.24, 2.45) is 0 Å². The normalized spacial score (nSPS) is 13.0. The smallest absolute Gasteiger partial charge is 0.243 e. The van der Waals surface area contributed by atoms with Crippen molar-refractivity contribution in [3.8, 4) is 11.5 Å². The van der Waals surface area contributed by atoms with Crippen LogP contribution >= 0.6 is 11.6 Å². The molecule has 0 aliphatic carbocycles. The second-order valence-corrected chi connectivity index (χ2v) is 9.56. The second kappa shape index (κ2) is 13.2. The first-order chi connectivity index (χ1) is 18.0. The summed E-state index contributed by atoms with van der Waals surface area (Å²) in [5.41, 5.74) is 2.85. The molecular formula is C30H33ClN2O4. The molecular weight excluding hydrogens is 488 g/mol. The molecule has 0 saturated carbocycles. The third-order valence-electron chi connectivity index (χ3n) is 6.30. The molecule has 1 atom stereocenters. The van der Waals surface area contributed by atoms with Crippen LogP contribution in [0.1, 0.15) is 36.5 Å². The van der Waals surface area contributed by atoms with Gasteiger partial charge in [0.05, 0.1) is 0 Å². The molecule has 1 N–H and O–H groups in total.